The molecular weight excluding hydrogens is 516 g/mol. The number of rotatable bonds is 8. The van der Waals surface area contributed by atoms with Crippen LogP contribution in [0.4, 0.5) is 10.5 Å². The number of amides is 4. The standard InChI is InChI=1S/C34H30N2O5/c1-22-8-11-25(12-9-22)20-40-29-16-14-28(15-17-29)36-33(38)30(32(37)35-34(36)39)19-27-6-4-5-7-31(27)41-21-26-13-10-23(2)24(3)18-26/h4-19H,20-21H2,1-3H3,(H,35,37,39)/b30-19+. The number of anilines is 1. The molecule has 1 N–H and O–H groups in total. The maximum Gasteiger partial charge on any atom is 0.335 e. The molecule has 206 valence electrons. The Morgan fingerprint density at radius 2 is 1.41 bits per heavy atom. The van der Waals surface area contributed by atoms with Gasteiger partial charge in [-0.15, -0.1) is 0 Å². The van der Waals surface area contributed by atoms with Crippen molar-refractivity contribution in [3.8, 4) is 11.5 Å². The summed E-state index contributed by atoms with van der Waals surface area (Å²) in [4.78, 5) is 39.8. The van der Waals surface area contributed by atoms with Crippen molar-refractivity contribution in [2.24, 2.45) is 0 Å². The van der Waals surface area contributed by atoms with Gasteiger partial charge in [0.2, 0.25) is 0 Å². The highest BCUT2D eigenvalue weighted by Crippen LogP contribution is 2.27. The van der Waals surface area contributed by atoms with Crippen LogP contribution in [0.5, 0.6) is 11.5 Å². The van der Waals surface area contributed by atoms with Crippen LogP contribution >= 0.6 is 0 Å². The SMILES string of the molecule is Cc1ccc(COc2ccc(N3C(=O)NC(=O)/C(=C\c4ccccc4OCc4ccc(C)c(C)c4)C3=O)cc2)cc1. The third kappa shape index (κ3) is 6.36. The van der Waals surface area contributed by atoms with E-state index in [4.69, 9.17) is 9.47 Å². The Kier molecular flexibility index (Phi) is 7.97. The number of hydrogen-bond donors (Lipinski definition) is 1. The Balaban J connectivity index is 1.33. The van der Waals surface area contributed by atoms with Gasteiger partial charge in [-0.3, -0.25) is 14.9 Å². The molecule has 1 aliphatic heterocycles. The fourth-order valence-electron chi connectivity index (χ4n) is 4.38. The lowest BCUT2D eigenvalue weighted by Crippen LogP contribution is -2.54. The van der Waals surface area contributed by atoms with Crippen LogP contribution in [0.15, 0.2) is 96.6 Å². The Bertz CT molecular complexity index is 1640. The number of imide groups is 2. The molecule has 0 unspecified atom stereocenters. The number of para-hydroxylation sites is 1. The minimum absolute atomic E-state index is 0.175. The van der Waals surface area contributed by atoms with Gasteiger partial charge in [-0.05, 0) is 79.4 Å². The summed E-state index contributed by atoms with van der Waals surface area (Å²) in [5, 5.41) is 2.27. The minimum Gasteiger partial charge on any atom is -0.489 e. The lowest BCUT2D eigenvalue weighted by molar-refractivity contribution is -0.122. The fourth-order valence-corrected chi connectivity index (χ4v) is 4.38. The van der Waals surface area contributed by atoms with Gasteiger partial charge in [0, 0.05) is 5.56 Å². The average molecular weight is 547 g/mol. The summed E-state index contributed by atoms with van der Waals surface area (Å²) in [7, 11) is 0. The zero-order valence-corrected chi connectivity index (χ0v) is 23.1. The highest BCUT2D eigenvalue weighted by atomic mass is 16.5. The fraction of sp³-hybridized carbons (Fsp3) is 0.147. The van der Waals surface area contributed by atoms with Crippen LogP contribution in [-0.4, -0.2) is 17.8 Å². The molecule has 1 saturated heterocycles. The molecule has 0 atom stereocenters. The van der Waals surface area contributed by atoms with Crippen molar-refractivity contribution in [3.63, 3.8) is 0 Å². The quantitative estimate of drug-likeness (QED) is 0.203. The molecule has 7 heteroatoms. The van der Waals surface area contributed by atoms with Crippen LogP contribution < -0.4 is 19.7 Å². The topological polar surface area (TPSA) is 84.9 Å². The molecule has 5 rings (SSSR count). The van der Waals surface area contributed by atoms with E-state index in [-0.39, 0.29) is 5.57 Å². The summed E-state index contributed by atoms with van der Waals surface area (Å²) < 4.78 is 11.9. The number of ether oxygens (including phenoxy) is 2. The predicted octanol–water partition coefficient (Wildman–Crippen LogP) is 6.44. The maximum absolute atomic E-state index is 13.4. The van der Waals surface area contributed by atoms with Gasteiger partial charge in [-0.25, -0.2) is 9.69 Å². The largest absolute Gasteiger partial charge is 0.489 e. The first kappa shape index (κ1) is 27.4. The molecule has 4 amide bonds. The summed E-state index contributed by atoms with van der Waals surface area (Å²) >= 11 is 0. The van der Waals surface area contributed by atoms with E-state index in [1.165, 1.54) is 22.8 Å². The molecule has 0 saturated carbocycles. The van der Waals surface area contributed by atoms with Gasteiger partial charge < -0.3 is 9.47 Å². The van der Waals surface area contributed by atoms with Crippen LogP contribution in [-0.2, 0) is 22.8 Å². The van der Waals surface area contributed by atoms with E-state index >= 15 is 0 Å². The zero-order chi connectivity index (χ0) is 28.9. The van der Waals surface area contributed by atoms with Crippen LogP contribution in [0.25, 0.3) is 6.08 Å². The monoisotopic (exact) mass is 546 g/mol. The van der Waals surface area contributed by atoms with Crippen molar-refractivity contribution in [1.29, 1.82) is 0 Å². The van der Waals surface area contributed by atoms with Gasteiger partial charge >= 0.3 is 6.03 Å². The second kappa shape index (κ2) is 11.9. The zero-order valence-electron chi connectivity index (χ0n) is 23.1. The van der Waals surface area contributed by atoms with Crippen molar-refractivity contribution in [2.45, 2.75) is 34.0 Å². The number of hydrogen-bond acceptors (Lipinski definition) is 5. The van der Waals surface area contributed by atoms with Crippen molar-refractivity contribution in [2.75, 3.05) is 4.90 Å². The summed E-state index contributed by atoms with van der Waals surface area (Å²) in [5.74, 6) is -0.396. The molecule has 1 fully saturated rings. The van der Waals surface area contributed by atoms with E-state index in [0.717, 1.165) is 16.0 Å². The van der Waals surface area contributed by atoms with Gasteiger partial charge in [0.05, 0.1) is 5.69 Å². The predicted molar refractivity (Wildman–Crippen MR) is 158 cm³/mol. The van der Waals surface area contributed by atoms with Crippen molar-refractivity contribution in [3.05, 3.63) is 130 Å². The third-order valence-corrected chi connectivity index (χ3v) is 6.91. The van der Waals surface area contributed by atoms with Crippen molar-refractivity contribution >= 4 is 29.6 Å². The Morgan fingerprint density at radius 1 is 0.732 bits per heavy atom. The Hall–Kier alpha value is -5.17. The van der Waals surface area contributed by atoms with Gasteiger partial charge in [-0.1, -0.05) is 66.2 Å². The molecule has 1 heterocycles. The molecule has 0 spiro atoms. The van der Waals surface area contributed by atoms with Gasteiger partial charge in [0.25, 0.3) is 11.8 Å². The number of carbonyl (C=O) groups excluding carboxylic acids is 3. The van der Waals surface area contributed by atoms with E-state index in [9.17, 15) is 14.4 Å². The summed E-state index contributed by atoms with van der Waals surface area (Å²) in [6.45, 7) is 6.83. The van der Waals surface area contributed by atoms with Gasteiger partial charge in [0.15, 0.2) is 0 Å². The molecular formula is C34H30N2O5. The molecule has 41 heavy (non-hydrogen) atoms. The Morgan fingerprint density at radius 3 is 2.15 bits per heavy atom. The summed E-state index contributed by atoms with van der Waals surface area (Å²) in [6, 6.07) is 27.0. The number of carbonyl (C=O) groups is 3. The number of benzene rings is 4. The summed E-state index contributed by atoms with van der Waals surface area (Å²) in [6.07, 6.45) is 1.45. The number of urea groups is 1. The molecule has 4 aromatic carbocycles. The smallest absolute Gasteiger partial charge is 0.335 e. The Labute approximate surface area is 239 Å². The minimum atomic E-state index is -0.815. The molecule has 7 nitrogen and oxygen atoms in total. The lowest BCUT2D eigenvalue weighted by atomic mass is 10.1. The maximum atomic E-state index is 13.4. The number of nitrogens with zero attached hydrogens (tertiary/aromatic N) is 1. The van der Waals surface area contributed by atoms with Crippen LogP contribution in [0.1, 0.15) is 33.4 Å². The molecule has 0 aromatic heterocycles. The van der Waals surface area contributed by atoms with E-state index < -0.39 is 17.8 Å². The van der Waals surface area contributed by atoms with Gasteiger partial charge in [0.1, 0.15) is 30.3 Å². The van der Waals surface area contributed by atoms with E-state index in [2.05, 4.69) is 18.3 Å². The second-order valence-electron chi connectivity index (χ2n) is 9.97. The number of nitrogens with one attached hydrogen (secondary N) is 1. The highest BCUT2D eigenvalue weighted by Gasteiger charge is 2.37. The molecule has 0 radical (unpaired) electrons. The normalized spacial score (nSPS) is 14.3. The summed E-state index contributed by atoms with van der Waals surface area (Å²) in [5.41, 5.74) is 6.25. The van der Waals surface area contributed by atoms with Crippen LogP contribution in [0.3, 0.4) is 0 Å². The first-order valence-corrected chi connectivity index (χ1v) is 13.3. The van der Waals surface area contributed by atoms with E-state index in [0.29, 0.717) is 36.0 Å². The van der Waals surface area contributed by atoms with E-state index in [1.54, 1.807) is 42.5 Å². The highest BCUT2D eigenvalue weighted by molar-refractivity contribution is 6.39. The van der Waals surface area contributed by atoms with Gasteiger partial charge in [-0.2, -0.15) is 0 Å². The number of aryl methyl sites for hydroxylation is 3. The van der Waals surface area contributed by atoms with E-state index in [1.807, 2.05) is 56.3 Å². The second-order valence-corrected chi connectivity index (χ2v) is 9.97. The van der Waals surface area contributed by atoms with Crippen LogP contribution in [0.2, 0.25) is 0 Å². The van der Waals surface area contributed by atoms with Crippen molar-refractivity contribution < 1.29 is 23.9 Å². The van der Waals surface area contributed by atoms with Crippen LogP contribution in [0, 0.1) is 20.8 Å². The molecule has 4 aromatic rings. The van der Waals surface area contributed by atoms with Crippen molar-refractivity contribution in [1.82, 2.24) is 5.32 Å². The molecule has 1 aliphatic rings. The molecule has 0 aliphatic carbocycles. The molecule has 0 bridgehead atoms. The first-order valence-electron chi connectivity index (χ1n) is 13.3. The average Bonchev–Trinajstić information content (AvgIpc) is 2.96. The number of barbiturate groups is 1. The lowest BCUT2D eigenvalue weighted by Gasteiger charge is -2.26. The third-order valence-electron chi connectivity index (χ3n) is 6.91. The first-order chi connectivity index (χ1) is 19.8.